The summed E-state index contributed by atoms with van der Waals surface area (Å²) in [6.07, 6.45) is 4.03. The summed E-state index contributed by atoms with van der Waals surface area (Å²) in [5, 5.41) is 0.134. The summed E-state index contributed by atoms with van der Waals surface area (Å²) in [4.78, 5) is 2.41. The molecule has 74 valence electrons. The van der Waals surface area contributed by atoms with Gasteiger partial charge in [0.1, 0.15) is 0 Å². The van der Waals surface area contributed by atoms with E-state index in [0.29, 0.717) is 5.88 Å². The van der Waals surface area contributed by atoms with Crippen molar-refractivity contribution in [3.63, 3.8) is 0 Å². The van der Waals surface area contributed by atoms with Gasteiger partial charge >= 0.3 is 0 Å². The Kier molecular flexibility index (Phi) is 7.76. The molecule has 1 aliphatic heterocycles. The molecule has 12 heavy (non-hydrogen) atoms. The van der Waals surface area contributed by atoms with E-state index in [2.05, 4.69) is 4.90 Å². The van der Waals surface area contributed by atoms with Gasteiger partial charge in [-0.15, -0.1) is 35.6 Å². The van der Waals surface area contributed by atoms with Crippen molar-refractivity contribution < 1.29 is 0 Å². The smallest absolute Gasteiger partial charge is 0.0598 e. The maximum atomic E-state index is 5.92. The third-order valence-corrected chi connectivity index (χ3v) is 2.90. The molecule has 0 aliphatic carbocycles. The van der Waals surface area contributed by atoms with Gasteiger partial charge in [0, 0.05) is 12.4 Å². The first-order valence-corrected chi connectivity index (χ1v) is 5.22. The number of rotatable bonds is 3. The first-order valence-electron chi connectivity index (χ1n) is 4.25. The SMILES string of the molecule is Cl.ClCC(Cl)CN1CCCCC1. The Morgan fingerprint density at radius 3 is 2.25 bits per heavy atom. The zero-order valence-corrected chi connectivity index (χ0v) is 9.47. The van der Waals surface area contributed by atoms with E-state index in [0.717, 1.165) is 6.54 Å². The molecule has 0 aromatic rings. The molecule has 1 aliphatic rings. The maximum absolute atomic E-state index is 5.92. The van der Waals surface area contributed by atoms with Gasteiger partial charge < -0.3 is 4.90 Å². The standard InChI is InChI=1S/C8H15Cl2N.ClH/c9-6-8(10)7-11-4-2-1-3-5-11;/h8H,1-7H2;1H. The van der Waals surface area contributed by atoms with Crippen LogP contribution < -0.4 is 0 Å². The van der Waals surface area contributed by atoms with Gasteiger partial charge in [-0.1, -0.05) is 6.42 Å². The Morgan fingerprint density at radius 2 is 1.75 bits per heavy atom. The Morgan fingerprint density at radius 1 is 1.17 bits per heavy atom. The second-order valence-corrected chi connectivity index (χ2v) is 4.04. The van der Waals surface area contributed by atoms with Crippen molar-refractivity contribution in [1.29, 1.82) is 0 Å². The van der Waals surface area contributed by atoms with Crippen molar-refractivity contribution in [1.82, 2.24) is 4.90 Å². The number of alkyl halides is 2. The van der Waals surface area contributed by atoms with Crippen LogP contribution in [0, 0.1) is 0 Å². The molecule has 1 atom stereocenters. The quantitative estimate of drug-likeness (QED) is 0.677. The van der Waals surface area contributed by atoms with Crippen LogP contribution in [0.25, 0.3) is 0 Å². The number of halogens is 3. The fraction of sp³-hybridized carbons (Fsp3) is 1.00. The molecule has 0 aromatic carbocycles. The predicted octanol–water partition coefficient (Wildman–Crippen LogP) is 2.74. The first kappa shape index (κ1) is 12.8. The van der Waals surface area contributed by atoms with E-state index in [1.54, 1.807) is 0 Å². The summed E-state index contributed by atoms with van der Waals surface area (Å²) in [6.45, 7) is 3.38. The van der Waals surface area contributed by atoms with Crippen LogP contribution in [0.5, 0.6) is 0 Å². The summed E-state index contributed by atoms with van der Waals surface area (Å²) >= 11 is 11.5. The molecule has 0 aromatic heterocycles. The summed E-state index contributed by atoms with van der Waals surface area (Å²) in [6, 6.07) is 0. The third-order valence-electron chi connectivity index (χ3n) is 2.07. The van der Waals surface area contributed by atoms with E-state index in [-0.39, 0.29) is 17.8 Å². The highest BCUT2D eigenvalue weighted by Gasteiger charge is 2.13. The highest BCUT2D eigenvalue weighted by Crippen LogP contribution is 2.11. The van der Waals surface area contributed by atoms with Gasteiger partial charge in [-0.05, 0) is 25.9 Å². The summed E-state index contributed by atoms with van der Waals surface area (Å²) in [5.41, 5.74) is 0. The van der Waals surface area contributed by atoms with Gasteiger partial charge in [0.25, 0.3) is 0 Å². The van der Waals surface area contributed by atoms with Crippen molar-refractivity contribution in [2.75, 3.05) is 25.5 Å². The van der Waals surface area contributed by atoms with E-state index < -0.39 is 0 Å². The molecule has 0 bridgehead atoms. The van der Waals surface area contributed by atoms with Crippen LogP contribution in [0.15, 0.2) is 0 Å². The minimum atomic E-state index is 0. The van der Waals surface area contributed by atoms with E-state index in [1.807, 2.05) is 0 Å². The molecule has 1 saturated heterocycles. The molecular formula is C8H16Cl3N. The minimum absolute atomic E-state index is 0. The van der Waals surface area contributed by atoms with Gasteiger partial charge in [0.2, 0.25) is 0 Å². The average molecular weight is 233 g/mol. The summed E-state index contributed by atoms with van der Waals surface area (Å²) in [5.74, 6) is 0.568. The Bertz CT molecular complexity index is 104. The zero-order chi connectivity index (χ0) is 8.10. The van der Waals surface area contributed by atoms with E-state index >= 15 is 0 Å². The van der Waals surface area contributed by atoms with Gasteiger partial charge in [-0.2, -0.15) is 0 Å². The normalized spacial score (nSPS) is 21.5. The lowest BCUT2D eigenvalue weighted by atomic mass is 10.1. The van der Waals surface area contributed by atoms with Crippen molar-refractivity contribution in [3.05, 3.63) is 0 Å². The van der Waals surface area contributed by atoms with E-state index in [9.17, 15) is 0 Å². The second-order valence-electron chi connectivity index (χ2n) is 3.11. The molecule has 0 amide bonds. The molecule has 1 rings (SSSR count). The van der Waals surface area contributed by atoms with Crippen molar-refractivity contribution >= 4 is 35.6 Å². The Labute approximate surface area is 90.8 Å². The number of hydrogen-bond acceptors (Lipinski definition) is 1. The molecule has 1 nitrogen and oxygen atoms in total. The van der Waals surface area contributed by atoms with Gasteiger partial charge in [0.05, 0.1) is 5.38 Å². The number of piperidine rings is 1. The van der Waals surface area contributed by atoms with Crippen LogP contribution in [0.1, 0.15) is 19.3 Å². The fourth-order valence-corrected chi connectivity index (χ4v) is 1.76. The molecular weight excluding hydrogens is 216 g/mol. The van der Waals surface area contributed by atoms with Crippen molar-refractivity contribution in [2.24, 2.45) is 0 Å². The highest BCUT2D eigenvalue weighted by atomic mass is 35.5. The molecule has 0 spiro atoms. The highest BCUT2D eigenvalue weighted by molar-refractivity contribution is 6.28. The summed E-state index contributed by atoms with van der Waals surface area (Å²) < 4.78 is 0. The lowest BCUT2D eigenvalue weighted by Gasteiger charge is -2.27. The van der Waals surface area contributed by atoms with E-state index in [1.165, 1.54) is 32.4 Å². The largest absolute Gasteiger partial charge is 0.302 e. The van der Waals surface area contributed by atoms with Crippen molar-refractivity contribution in [3.8, 4) is 0 Å². The van der Waals surface area contributed by atoms with Crippen LogP contribution in [-0.4, -0.2) is 35.8 Å². The number of nitrogens with zero attached hydrogens (tertiary/aromatic N) is 1. The fourth-order valence-electron chi connectivity index (χ4n) is 1.47. The minimum Gasteiger partial charge on any atom is -0.302 e. The number of likely N-dealkylation sites (tertiary alicyclic amines) is 1. The van der Waals surface area contributed by atoms with Crippen LogP contribution in [0.2, 0.25) is 0 Å². The second kappa shape index (κ2) is 7.25. The topological polar surface area (TPSA) is 3.24 Å². The Hall–Kier alpha value is 0.830. The van der Waals surface area contributed by atoms with Crippen LogP contribution in [-0.2, 0) is 0 Å². The van der Waals surface area contributed by atoms with Crippen LogP contribution >= 0.6 is 35.6 Å². The third kappa shape index (κ3) is 4.76. The van der Waals surface area contributed by atoms with E-state index in [4.69, 9.17) is 23.2 Å². The van der Waals surface area contributed by atoms with Crippen molar-refractivity contribution in [2.45, 2.75) is 24.6 Å². The van der Waals surface area contributed by atoms with Crippen LogP contribution in [0.4, 0.5) is 0 Å². The average Bonchev–Trinajstić information content (AvgIpc) is 2.06. The molecule has 0 radical (unpaired) electrons. The molecule has 0 N–H and O–H groups in total. The lowest BCUT2D eigenvalue weighted by Crippen LogP contribution is -2.35. The lowest BCUT2D eigenvalue weighted by molar-refractivity contribution is 0.231. The predicted molar refractivity (Wildman–Crippen MR) is 57.9 cm³/mol. The molecule has 1 fully saturated rings. The van der Waals surface area contributed by atoms with Gasteiger partial charge in [-0.3, -0.25) is 0 Å². The van der Waals surface area contributed by atoms with Gasteiger partial charge in [0.15, 0.2) is 0 Å². The maximum Gasteiger partial charge on any atom is 0.0598 e. The molecule has 1 unspecified atom stereocenters. The van der Waals surface area contributed by atoms with Crippen LogP contribution in [0.3, 0.4) is 0 Å². The number of hydrogen-bond donors (Lipinski definition) is 0. The zero-order valence-electron chi connectivity index (χ0n) is 7.14. The Balaban J connectivity index is 0.00000121. The van der Waals surface area contributed by atoms with Gasteiger partial charge in [-0.25, -0.2) is 0 Å². The summed E-state index contributed by atoms with van der Waals surface area (Å²) in [7, 11) is 0. The monoisotopic (exact) mass is 231 g/mol. The molecule has 4 heteroatoms. The molecule has 1 heterocycles. The molecule has 0 saturated carbocycles. The first-order chi connectivity index (χ1) is 5.33.